The van der Waals surface area contributed by atoms with Crippen molar-refractivity contribution in [1.29, 1.82) is 0 Å². The summed E-state index contributed by atoms with van der Waals surface area (Å²) in [5.74, 6) is -3.09. The predicted molar refractivity (Wildman–Crippen MR) is 110 cm³/mol. The van der Waals surface area contributed by atoms with Crippen molar-refractivity contribution in [3.63, 3.8) is 0 Å². The lowest BCUT2D eigenvalue weighted by molar-refractivity contribution is -0.142. The van der Waals surface area contributed by atoms with Gasteiger partial charge in [0.05, 0.1) is 0 Å². The summed E-state index contributed by atoms with van der Waals surface area (Å²) >= 11 is 0. The lowest BCUT2D eigenvalue weighted by Gasteiger charge is -2.17. The maximum absolute atomic E-state index is 13.7. The minimum Gasteiger partial charge on any atom is -0.461 e. The van der Waals surface area contributed by atoms with E-state index in [-0.39, 0.29) is 19.0 Å². The molecule has 0 rings (SSSR count). The van der Waals surface area contributed by atoms with Gasteiger partial charge in [0.15, 0.2) is 0 Å². The molecule has 0 amide bonds. The number of carbonyl (C=O) groups excluding carboxylic acids is 1. The van der Waals surface area contributed by atoms with Crippen LogP contribution in [-0.2, 0) is 9.53 Å². The zero-order chi connectivity index (χ0) is 20.6. The molecule has 0 aliphatic carbocycles. The van der Waals surface area contributed by atoms with Crippen molar-refractivity contribution in [3.05, 3.63) is 12.2 Å². The lowest BCUT2D eigenvalue weighted by atomic mass is 9.89. The van der Waals surface area contributed by atoms with Crippen LogP contribution in [0.25, 0.3) is 0 Å². The quantitative estimate of drug-likeness (QED) is 0.153. The molecule has 0 aromatic rings. The normalized spacial score (nSPS) is 12.7. The average molecular weight is 389 g/mol. The van der Waals surface area contributed by atoms with Gasteiger partial charge in [-0.25, -0.2) is 8.78 Å². The van der Waals surface area contributed by atoms with Crippen LogP contribution in [0.15, 0.2) is 12.2 Å². The number of carbonyl (C=O) groups is 1. The Balaban J connectivity index is 3.64. The van der Waals surface area contributed by atoms with Gasteiger partial charge in [0.25, 0.3) is 5.92 Å². The van der Waals surface area contributed by atoms with E-state index in [9.17, 15) is 13.6 Å². The van der Waals surface area contributed by atoms with Crippen LogP contribution in [-0.4, -0.2) is 18.5 Å². The fraction of sp³-hybridized carbons (Fsp3) is 0.870. The van der Waals surface area contributed by atoms with E-state index in [4.69, 9.17) is 4.74 Å². The number of allylic oxidation sites excluding steroid dienone is 1. The Bertz CT molecular complexity index is 398. The monoisotopic (exact) mass is 388 g/mol. The third-order valence-electron chi connectivity index (χ3n) is 4.62. The van der Waals surface area contributed by atoms with Gasteiger partial charge in [-0.15, -0.1) is 0 Å². The second-order valence-corrected chi connectivity index (χ2v) is 8.84. The largest absolute Gasteiger partial charge is 0.461 e. The Labute approximate surface area is 166 Å². The molecular formula is C23H42F2O2. The summed E-state index contributed by atoms with van der Waals surface area (Å²) in [6, 6.07) is 0. The molecule has 0 aliphatic rings. The van der Waals surface area contributed by atoms with E-state index in [1.807, 2.05) is 0 Å². The first-order valence-electron chi connectivity index (χ1n) is 10.9. The number of rotatable bonds is 16. The number of hydrogen-bond acceptors (Lipinski definition) is 2. The molecule has 27 heavy (non-hydrogen) atoms. The SMILES string of the molecule is CCCCCCCC(F)(F)/C=C\COC(=O)CCCCCCCC(C)(C)C. The van der Waals surface area contributed by atoms with Crippen molar-refractivity contribution < 1.29 is 18.3 Å². The fourth-order valence-electron chi connectivity index (χ4n) is 2.94. The van der Waals surface area contributed by atoms with Gasteiger partial charge in [-0.2, -0.15) is 0 Å². The van der Waals surface area contributed by atoms with Crippen molar-refractivity contribution in [2.24, 2.45) is 5.41 Å². The van der Waals surface area contributed by atoms with E-state index in [0.717, 1.165) is 51.0 Å². The smallest absolute Gasteiger partial charge is 0.306 e. The van der Waals surface area contributed by atoms with Crippen molar-refractivity contribution in [1.82, 2.24) is 0 Å². The van der Waals surface area contributed by atoms with E-state index in [1.54, 1.807) is 0 Å². The Kier molecular flexibility index (Phi) is 14.5. The second-order valence-electron chi connectivity index (χ2n) is 8.84. The van der Waals surface area contributed by atoms with E-state index in [0.29, 0.717) is 18.3 Å². The average Bonchev–Trinajstić information content (AvgIpc) is 2.56. The van der Waals surface area contributed by atoms with Gasteiger partial charge in [-0.3, -0.25) is 4.79 Å². The first-order valence-corrected chi connectivity index (χ1v) is 10.9. The van der Waals surface area contributed by atoms with Crippen LogP contribution in [0.5, 0.6) is 0 Å². The molecule has 0 radical (unpaired) electrons. The minimum absolute atomic E-state index is 0.0597. The highest BCUT2D eigenvalue weighted by Crippen LogP contribution is 2.24. The van der Waals surface area contributed by atoms with Crippen LogP contribution >= 0.6 is 0 Å². The predicted octanol–water partition coefficient (Wildman–Crippen LogP) is 7.86. The van der Waals surface area contributed by atoms with Crippen LogP contribution in [0.4, 0.5) is 8.78 Å². The summed E-state index contributed by atoms with van der Waals surface area (Å²) in [5, 5.41) is 0. The summed E-state index contributed by atoms with van der Waals surface area (Å²) in [6.07, 6.45) is 13.6. The summed E-state index contributed by atoms with van der Waals surface area (Å²) in [6.45, 7) is 8.80. The first kappa shape index (κ1) is 26.1. The molecule has 0 N–H and O–H groups in total. The maximum Gasteiger partial charge on any atom is 0.306 e. The van der Waals surface area contributed by atoms with Crippen molar-refractivity contribution in [2.75, 3.05) is 6.61 Å². The van der Waals surface area contributed by atoms with Gasteiger partial charge in [-0.05, 0) is 36.8 Å². The van der Waals surface area contributed by atoms with Crippen LogP contribution in [0.3, 0.4) is 0 Å². The zero-order valence-corrected chi connectivity index (χ0v) is 18.1. The van der Waals surface area contributed by atoms with Crippen LogP contribution in [0.1, 0.15) is 111 Å². The summed E-state index contributed by atoms with van der Waals surface area (Å²) in [4.78, 5) is 11.6. The molecule has 2 nitrogen and oxygen atoms in total. The Morgan fingerprint density at radius 3 is 2.04 bits per heavy atom. The van der Waals surface area contributed by atoms with Gasteiger partial charge in [0, 0.05) is 12.8 Å². The molecule has 0 aromatic carbocycles. The first-order chi connectivity index (χ1) is 12.7. The van der Waals surface area contributed by atoms with Gasteiger partial charge in [0.2, 0.25) is 0 Å². The highest BCUT2D eigenvalue weighted by Gasteiger charge is 2.23. The molecule has 0 saturated heterocycles. The Morgan fingerprint density at radius 2 is 1.41 bits per heavy atom. The third-order valence-corrected chi connectivity index (χ3v) is 4.62. The lowest BCUT2D eigenvalue weighted by Crippen LogP contribution is -2.12. The topological polar surface area (TPSA) is 26.3 Å². The van der Waals surface area contributed by atoms with Crippen LogP contribution in [0, 0.1) is 5.41 Å². The Morgan fingerprint density at radius 1 is 0.852 bits per heavy atom. The fourth-order valence-corrected chi connectivity index (χ4v) is 2.94. The van der Waals surface area contributed by atoms with Crippen LogP contribution in [0.2, 0.25) is 0 Å². The summed E-state index contributed by atoms with van der Waals surface area (Å²) in [5.41, 5.74) is 0.392. The van der Waals surface area contributed by atoms with E-state index < -0.39 is 5.92 Å². The highest BCUT2D eigenvalue weighted by molar-refractivity contribution is 5.69. The molecule has 4 heteroatoms. The number of halogens is 2. The van der Waals surface area contributed by atoms with E-state index in [2.05, 4.69) is 27.7 Å². The number of esters is 1. The number of ether oxygens (including phenoxy) is 1. The second kappa shape index (κ2) is 15.0. The summed E-state index contributed by atoms with van der Waals surface area (Å²) in [7, 11) is 0. The van der Waals surface area contributed by atoms with Gasteiger partial charge < -0.3 is 4.74 Å². The maximum atomic E-state index is 13.7. The molecular weight excluding hydrogens is 346 g/mol. The van der Waals surface area contributed by atoms with Gasteiger partial charge >= 0.3 is 5.97 Å². The molecule has 0 saturated carbocycles. The molecule has 0 spiro atoms. The van der Waals surface area contributed by atoms with E-state index in [1.165, 1.54) is 25.3 Å². The molecule has 0 fully saturated rings. The standard InChI is InChI=1S/C23H42F2O2/c1-5-6-7-10-14-18-23(24,25)19-15-20-27-21(26)16-12-9-8-11-13-17-22(2,3)4/h15,19H,5-14,16-18,20H2,1-4H3/b19-15-. The third kappa shape index (κ3) is 19.6. The molecule has 0 heterocycles. The number of unbranched alkanes of at least 4 members (excludes halogenated alkanes) is 8. The van der Waals surface area contributed by atoms with Gasteiger partial charge in [0.1, 0.15) is 6.61 Å². The van der Waals surface area contributed by atoms with Gasteiger partial charge in [-0.1, -0.05) is 79.1 Å². The zero-order valence-electron chi connectivity index (χ0n) is 18.1. The minimum atomic E-state index is -2.80. The molecule has 0 aliphatic heterocycles. The molecule has 0 aromatic heterocycles. The highest BCUT2D eigenvalue weighted by atomic mass is 19.3. The molecule has 0 bridgehead atoms. The molecule has 0 unspecified atom stereocenters. The van der Waals surface area contributed by atoms with Crippen molar-refractivity contribution in [3.8, 4) is 0 Å². The van der Waals surface area contributed by atoms with Crippen LogP contribution < -0.4 is 0 Å². The molecule has 160 valence electrons. The number of alkyl halides is 2. The molecule has 0 atom stereocenters. The van der Waals surface area contributed by atoms with Crippen molar-refractivity contribution in [2.45, 2.75) is 117 Å². The number of hydrogen-bond donors (Lipinski definition) is 0. The Hall–Kier alpha value is -0.930. The van der Waals surface area contributed by atoms with Crippen molar-refractivity contribution >= 4 is 5.97 Å². The van der Waals surface area contributed by atoms with E-state index >= 15 is 0 Å². The summed E-state index contributed by atoms with van der Waals surface area (Å²) < 4.78 is 32.3.